The Balaban J connectivity index is 2.04. The van der Waals surface area contributed by atoms with E-state index in [4.69, 9.17) is 21.3 Å². The molecule has 0 saturated carbocycles. The van der Waals surface area contributed by atoms with Crippen molar-refractivity contribution in [1.29, 1.82) is 0 Å². The highest BCUT2D eigenvalue weighted by atomic mass is 35.5. The van der Waals surface area contributed by atoms with Crippen LogP contribution in [0.2, 0.25) is 5.02 Å². The van der Waals surface area contributed by atoms with Gasteiger partial charge in [0.25, 0.3) is 0 Å². The van der Waals surface area contributed by atoms with Crippen LogP contribution in [0.3, 0.4) is 0 Å². The molecule has 0 bridgehead atoms. The van der Waals surface area contributed by atoms with Crippen LogP contribution in [0.25, 0.3) is 16.9 Å². The fraction of sp³-hybridized carbons (Fsp3) is 0.222. The molecular weight excluding hydrogens is 326 g/mol. The number of ether oxygens (including phenoxy) is 1. The molecule has 2 aromatic heterocycles. The summed E-state index contributed by atoms with van der Waals surface area (Å²) in [6.07, 6.45) is 1.94. The number of nitrogens with zero attached hydrogens (tertiary/aromatic N) is 2. The van der Waals surface area contributed by atoms with E-state index in [1.54, 1.807) is 6.92 Å². The van der Waals surface area contributed by atoms with Crippen molar-refractivity contribution in [2.45, 2.75) is 13.8 Å². The number of pyridine rings is 1. The normalized spacial score (nSPS) is 10.8. The first-order chi connectivity index (χ1) is 11.6. The molecule has 5 nitrogen and oxygen atoms in total. The van der Waals surface area contributed by atoms with E-state index >= 15 is 0 Å². The minimum absolute atomic E-state index is 0.0795. The zero-order chi connectivity index (χ0) is 17.1. The van der Waals surface area contributed by atoms with Crippen LogP contribution < -0.4 is 5.32 Å². The SMILES string of the molecule is CCOC(=O)CNc1c(-c2ccc(Cl)cc2)nc2cc(C)ccn12. The lowest BCUT2D eigenvalue weighted by molar-refractivity contribution is -0.140. The van der Waals surface area contributed by atoms with Gasteiger partial charge in [0, 0.05) is 16.8 Å². The third kappa shape index (κ3) is 3.36. The summed E-state index contributed by atoms with van der Waals surface area (Å²) in [5.74, 6) is 0.446. The number of hydrogen-bond donors (Lipinski definition) is 1. The number of rotatable bonds is 5. The summed E-state index contributed by atoms with van der Waals surface area (Å²) in [5.41, 5.74) is 3.62. The van der Waals surface area contributed by atoms with Crippen LogP contribution in [0.15, 0.2) is 42.6 Å². The van der Waals surface area contributed by atoms with E-state index in [0.29, 0.717) is 11.6 Å². The maximum atomic E-state index is 11.7. The van der Waals surface area contributed by atoms with E-state index in [0.717, 1.165) is 28.3 Å². The van der Waals surface area contributed by atoms with E-state index < -0.39 is 0 Å². The quantitative estimate of drug-likeness (QED) is 0.713. The third-order valence-electron chi connectivity index (χ3n) is 3.60. The van der Waals surface area contributed by atoms with Gasteiger partial charge >= 0.3 is 5.97 Å². The Bertz CT molecular complexity index is 872. The van der Waals surface area contributed by atoms with Crippen LogP contribution in [0.5, 0.6) is 0 Å². The molecule has 124 valence electrons. The summed E-state index contributed by atoms with van der Waals surface area (Å²) < 4.78 is 6.91. The van der Waals surface area contributed by atoms with Gasteiger partial charge in [-0.15, -0.1) is 0 Å². The summed E-state index contributed by atoms with van der Waals surface area (Å²) >= 11 is 5.97. The van der Waals surface area contributed by atoms with Crippen molar-refractivity contribution in [3.8, 4) is 11.3 Å². The Hall–Kier alpha value is -2.53. The molecule has 0 aliphatic rings. The van der Waals surface area contributed by atoms with Crippen molar-refractivity contribution >= 4 is 29.0 Å². The van der Waals surface area contributed by atoms with Gasteiger partial charge in [-0.2, -0.15) is 0 Å². The molecule has 3 aromatic rings. The third-order valence-corrected chi connectivity index (χ3v) is 3.86. The Labute approximate surface area is 145 Å². The first-order valence-electron chi connectivity index (χ1n) is 7.72. The van der Waals surface area contributed by atoms with Gasteiger partial charge in [0.05, 0.1) is 6.61 Å². The van der Waals surface area contributed by atoms with Crippen LogP contribution in [-0.4, -0.2) is 28.5 Å². The molecule has 0 amide bonds. The number of nitrogens with one attached hydrogen (secondary N) is 1. The molecule has 1 aromatic carbocycles. The number of benzene rings is 1. The van der Waals surface area contributed by atoms with Crippen LogP contribution in [0, 0.1) is 6.92 Å². The number of carbonyl (C=O) groups excluding carboxylic acids is 1. The fourth-order valence-corrected chi connectivity index (χ4v) is 2.62. The number of imidazole rings is 1. The lowest BCUT2D eigenvalue weighted by Gasteiger charge is -2.08. The molecular formula is C18H18ClN3O2. The van der Waals surface area contributed by atoms with Crippen molar-refractivity contribution in [3.05, 3.63) is 53.2 Å². The van der Waals surface area contributed by atoms with Crippen molar-refractivity contribution < 1.29 is 9.53 Å². The number of carbonyl (C=O) groups is 1. The number of aryl methyl sites for hydroxylation is 1. The molecule has 0 atom stereocenters. The second-order valence-electron chi connectivity index (χ2n) is 5.41. The highest BCUT2D eigenvalue weighted by molar-refractivity contribution is 6.30. The largest absolute Gasteiger partial charge is 0.465 e. The van der Waals surface area contributed by atoms with E-state index in [2.05, 4.69) is 5.32 Å². The van der Waals surface area contributed by atoms with Crippen LogP contribution in [-0.2, 0) is 9.53 Å². The lowest BCUT2D eigenvalue weighted by Crippen LogP contribution is -2.17. The molecule has 24 heavy (non-hydrogen) atoms. The number of halogens is 1. The number of aromatic nitrogens is 2. The van der Waals surface area contributed by atoms with Gasteiger partial charge in [-0.3, -0.25) is 9.20 Å². The summed E-state index contributed by atoms with van der Waals surface area (Å²) in [6.45, 7) is 4.24. The molecule has 0 aliphatic carbocycles. The van der Waals surface area contributed by atoms with Crippen LogP contribution in [0.1, 0.15) is 12.5 Å². The predicted octanol–water partition coefficient (Wildman–Crippen LogP) is 3.94. The van der Waals surface area contributed by atoms with E-state index in [9.17, 15) is 4.79 Å². The lowest BCUT2D eigenvalue weighted by atomic mass is 10.1. The maximum Gasteiger partial charge on any atom is 0.325 e. The van der Waals surface area contributed by atoms with Gasteiger partial charge in [0.15, 0.2) is 0 Å². The van der Waals surface area contributed by atoms with Crippen LogP contribution in [0.4, 0.5) is 5.82 Å². The first kappa shape index (κ1) is 16.3. The molecule has 0 saturated heterocycles. The van der Waals surface area contributed by atoms with Gasteiger partial charge in [-0.05, 0) is 43.7 Å². The zero-order valence-corrected chi connectivity index (χ0v) is 14.3. The number of anilines is 1. The van der Waals surface area contributed by atoms with E-state index in [-0.39, 0.29) is 12.5 Å². The Morgan fingerprint density at radius 3 is 2.75 bits per heavy atom. The molecule has 0 radical (unpaired) electrons. The standard InChI is InChI=1S/C18H18ClN3O2/c1-3-24-16(23)11-20-18-17(13-4-6-14(19)7-5-13)21-15-10-12(2)8-9-22(15)18/h4-10,20H,3,11H2,1-2H3. The topological polar surface area (TPSA) is 55.6 Å². The highest BCUT2D eigenvalue weighted by Gasteiger charge is 2.15. The van der Waals surface area contributed by atoms with Crippen LogP contribution >= 0.6 is 11.6 Å². The smallest absolute Gasteiger partial charge is 0.325 e. The Morgan fingerprint density at radius 2 is 2.04 bits per heavy atom. The highest BCUT2D eigenvalue weighted by Crippen LogP contribution is 2.29. The van der Waals surface area contributed by atoms with Crippen molar-refractivity contribution in [1.82, 2.24) is 9.38 Å². The molecule has 0 aliphatic heterocycles. The second-order valence-corrected chi connectivity index (χ2v) is 5.84. The molecule has 1 N–H and O–H groups in total. The average Bonchev–Trinajstić information content (AvgIpc) is 2.91. The zero-order valence-electron chi connectivity index (χ0n) is 13.5. The van der Waals surface area contributed by atoms with Gasteiger partial charge in [0.1, 0.15) is 23.7 Å². The van der Waals surface area contributed by atoms with Gasteiger partial charge in [0.2, 0.25) is 0 Å². The van der Waals surface area contributed by atoms with Gasteiger partial charge in [-0.25, -0.2) is 4.98 Å². The number of hydrogen-bond acceptors (Lipinski definition) is 4. The minimum atomic E-state index is -0.304. The Kier molecular flexibility index (Phi) is 4.71. The number of fused-ring (bicyclic) bond motifs is 1. The van der Waals surface area contributed by atoms with E-state index in [1.807, 2.05) is 53.9 Å². The summed E-state index contributed by atoms with van der Waals surface area (Å²) in [5, 5.41) is 3.81. The molecule has 2 heterocycles. The van der Waals surface area contributed by atoms with Crippen molar-refractivity contribution in [2.24, 2.45) is 0 Å². The summed E-state index contributed by atoms with van der Waals surface area (Å²) in [4.78, 5) is 16.4. The molecule has 0 spiro atoms. The minimum Gasteiger partial charge on any atom is -0.465 e. The maximum absolute atomic E-state index is 11.7. The molecule has 0 fully saturated rings. The van der Waals surface area contributed by atoms with E-state index in [1.165, 1.54) is 0 Å². The van der Waals surface area contributed by atoms with Crippen molar-refractivity contribution in [2.75, 3.05) is 18.5 Å². The fourth-order valence-electron chi connectivity index (χ4n) is 2.49. The monoisotopic (exact) mass is 343 g/mol. The molecule has 3 rings (SSSR count). The summed E-state index contributed by atoms with van der Waals surface area (Å²) in [6, 6.07) is 11.5. The Morgan fingerprint density at radius 1 is 1.29 bits per heavy atom. The predicted molar refractivity (Wildman–Crippen MR) is 95.5 cm³/mol. The molecule has 0 unspecified atom stereocenters. The van der Waals surface area contributed by atoms with Gasteiger partial charge in [-0.1, -0.05) is 23.7 Å². The van der Waals surface area contributed by atoms with Crippen molar-refractivity contribution in [3.63, 3.8) is 0 Å². The molecule has 6 heteroatoms. The first-order valence-corrected chi connectivity index (χ1v) is 8.10. The number of esters is 1. The average molecular weight is 344 g/mol. The summed E-state index contributed by atoms with van der Waals surface area (Å²) in [7, 11) is 0. The second kappa shape index (κ2) is 6.93. The van der Waals surface area contributed by atoms with Gasteiger partial charge < -0.3 is 10.1 Å².